The summed E-state index contributed by atoms with van der Waals surface area (Å²) in [6.45, 7) is 0.897. The first-order valence-corrected chi connectivity index (χ1v) is 8.00. The highest BCUT2D eigenvalue weighted by Crippen LogP contribution is 2.32. The van der Waals surface area contributed by atoms with Crippen molar-refractivity contribution in [2.45, 2.75) is 25.8 Å². The van der Waals surface area contributed by atoms with Gasteiger partial charge in [-0.2, -0.15) is 0 Å². The monoisotopic (exact) mass is 307 g/mol. The molecule has 98 valence electrons. The van der Waals surface area contributed by atoms with E-state index in [2.05, 4.69) is 63.7 Å². The highest BCUT2D eigenvalue weighted by molar-refractivity contribution is 9.08. The van der Waals surface area contributed by atoms with Crippen LogP contribution in [-0.2, 0) is 6.54 Å². The van der Waals surface area contributed by atoms with E-state index in [1.165, 1.54) is 24.8 Å². The van der Waals surface area contributed by atoms with Gasteiger partial charge in [0.25, 0.3) is 0 Å². The van der Waals surface area contributed by atoms with Gasteiger partial charge in [0.1, 0.15) is 0 Å². The van der Waals surface area contributed by atoms with E-state index < -0.39 is 0 Å². The molecule has 0 aromatic heterocycles. The summed E-state index contributed by atoms with van der Waals surface area (Å²) in [5, 5.41) is 3.27. The molecule has 0 radical (unpaired) electrons. The lowest BCUT2D eigenvalue weighted by molar-refractivity contribution is 0.860. The van der Waals surface area contributed by atoms with Crippen molar-refractivity contribution in [3.63, 3.8) is 0 Å². The van der Waals surface area contributed by atoms with Crippen molar-refractivity contribution in [2.24, 2.45) is 5.92 Å². The number of rotatable bonds is 6. The summed E-state index contributed by atoms with van der Waals surface area (Å²) in [5.41, 5.74) is 1.31. The largest absolute Gasteiger partial charge is 0.387 e. The van der Waals surface area contributed by atoms with Crippen LogP contribution in [0.4, 0.5) is 0 Å². The van der Waals surface area contributed by atoms with Crippen LogP contribution >= 0.6 is 15.9 Å². The van der Waals surface area contributed by atoms with Crippen LogP contribution in [0.1, 0.15) is 24.8 Å². The second-order valence-electron chi connectivity index (χ2n) is 4.33. The first kappa shape index (κ1) is 15.0. The van der Waals surface area contributed by atoms with Crippen molar-refractivity contribution in [3.05, 3.63) is 60.3 Å². The highest BCUT2D eigenvalue weighted by Gasteiger charge is 2.18. The second-order valence-corrected chi connectivity index (χ2v) is 4.33. The summed E-state index contributed by atoms with van der Waals surface area (Å²) < 4.78 is 0. The van der Waals surface area contributed by atoms with E-state index in [0.717, 1.165) is 12.5 Å². The molecule has 1 aromatic rings. The Morgan fingerprint density at radius 3 is 2.56 bits per heavy atom. The smallest absolute Gasteiger partial charge is 0.0395 e. The molecule has 0 aliphatic heterocycles. The lowest BCUT2D eigenvalue weighted by atomic mass is 10.2. The zero-order valence-corrected chi connectivity index (χ0v) is 12.6. The first-order valence-electron chi connectivity index (χ1n) is 6.42. The Bertz CT molecular complexity index is 353. The number of benzene rings is 1. The number of hydrogen-bond acceptors (Lipinski definition) is 1. The molecule has 1 nitrogen and oxygen atoms in total. The number of allylic oxidation sites excluding steroid dienone is 3. The number of hydrogen-bond donors (Lipinski definition) is 1. The van der Waals surface area contributed by atoms with Crippen molar-refractivity contribution < 1.29 is 0 Å². The van der Waals surface area contributed by atoms with Crippen LogP contribution in [0.3, 0.4) is 0 Å². The molecule has 0 saturated heterocycles. The van der Waals surface area contributed by atoms with E-state index in [-0.39, 0.29) is 0 Å². The molecule has 1 aliphatic carbocycles. The van der Waals surface area contributed by atoms with Gasteiger partial charge in [-0.1, -0.05) is 58.4 Å². The summed E-state index contributed by atoms with van der Waals surface area (Å²) in [5.74, 6) is 2.80. The molecular formula is C16H22BrN. The van der Waals surface area contributed by atoms with Gasteiger partial charge in [0.2, 0.25) is 0 Å². The maximum Gasteiger partial charge on any atom is 0.0395 e. The molecule has 2 rings (SSSR count). The molecule has 1 saturated carbocycles. The summed E-state index contributed by atoms with van der Waals surface area (Å²) >= 11 is 2.94. The van der Waals surface area contributed by atoms with Crippen molar-refractivity contribution in [1.29, 1.82) is 0 Å². The zero-order valence-electron chi connectivity index (χ0n) is 11.0. The van der Waals surface area contributed by atoms with E-state index >= 15 is 0 Å². The Morgan fingerprint density at radius 2 is 1.89 bits per heavy atom. The van der Waals surface area contributed by atoms with Gasteiger partial charge in [-0.15, -0.1) is 0 Å². The second kappa shape index (κ2) is 9.95. The van der Waals surface area contributed by atoms with Crippen LogP contribution in [0.15, 0.2) is 54.8 Å². The molecule has 0 atom stereocenters. The van der Waals surface area contributed by atoms with Crippen molar-refractivity contribution >= 4 is 15.9 Å². The maximum absolute atomic E-state index is 3.27. The Labute approximate surface area is 119 Å². The van der Waals surface area contributed by atoms with Crippen molar-refractivity contribution in [2.75, 3.05) is 5.83 Å². The molecule has 1 fully saturated rings. The third kappa shape index (κ3) is 7.33. The molecular weight excluding hydrogens is 286 g/mol. The summed E-state index contributed by atoms with van der Waals surface area (Å²) in [6.07, 6.45) is 12.6. The Balaban J connectivity index is 0.000000771. The molecule has 1 aliphatic rings. The Morgan fingerprint density at radius 1 is 1.17 bits per heavy atom. The van der Waals surface area contributed by atoms with Crippen LogP contribution < -0.4 is 5.32 Å². The molecule has 0 amide bonds. The number of alkyl halides is 1. The van der Waals surface area contributed by atoms with Crippen LogP contribution in [-0.4, -0.2) is 5.83 Å². The lowest BCUT2D eigenvalue weighted by Gasteiger charge is -1.99. The quantitative estimate of drug-likeness (QED) is 0.595. The highest BCUT2D eigenvalue weighted by atomic mass is 79.9. The van der Waals surface area contributed by atoms with E-state index in [4.69, 9.17) is 0 Å². The van der Waals surface area contributed by atoms with Gasteiger partial charge in [0.15, 0.2) is 0 Å². The van der Waals surface area contributed by atoms with Gasteiger partial charge in [-0.3, -0.25) is 0 Å². The van der Waals surface area contributed by atoms with Gasteiger partial charge in [-0.25, -0.2) is 0 Å². The van der Waals surface area contributed by atoms with Crippen LogP contribution in [0.25, 0.3) is 0 Å². The lowest BCUT2D eigenvalue weighted by Crippen LogP contribution is -2.03. The van der Waals surface area contributed by atoms with Crippen LogP contribution in [0.5, 0.6) is 0 Å². The van der Waals surface area contributed by atoms with E-state index in [1.807, 2.05) is 18.1 Å². The fraction of sp³-hybridized carbons (Fsp3) is 0.375. The van der Waals surface area contributed by atoms with Gasteiger partial charge in [0, 0.05) is 6.54 Å². The van der Waals surface area contributed by atoms with Crippen molar-refractivity contribution in [3.8, 4) is 0 Å². The predicted molar refractivity (Wildman–Crippen MR) is 83.8 cm³/mol. The molecule has 0 spiro atoms. The van der Waals surface area contributed by atoms with Gasteiger partial charge >= 0.3 is 0 Å². The molecule has 18 heavy (non-hydrogen) atoms. The molecule has 1 aromatic carbocycles. The fourth-order valence-electron chi connectivity index (χ4n) is 1.60. The fourth-order valence-corrected chi connectivity index (χ4v) is 1.60. The minimum Gasteiger partial charge on any atom is -0.387 e. The molecule has 0 bridgehead atoms. The van der Waals surface area contributed by atoms with E-state index in [0.29, 0.717) is 0 Å². The minimum atomic E-state index is 0.897. The minimum absolute atomic E-state index is 0.897. The average Bonchev–Trinajstić information content (AvgIpc) is 3.25. The predicted octanol–water partition coefficient (Wildman–Crippen LogP) is 4.66. The molecule has 1 N–H and O–H groups in total. The topological polar surface area (TPSA) is 12.0 Å². The molecule has 2 heteroatoms. The average molecular weight is 308 g/mol. The molecule has 0 unspecified atom stereocenters. The maximum atomic E-state index is 3.27. The standard InChI is InChI=1S/C15H19N.CH3Br/c1-3-8-15(9-4-1)13-16-12-6-2-5-7-14-10-11-14;1-2/h1-6,8-9,12,14,16H,7,10-11,13H2;1H3/b5-2-,12-6-;. The third-order valence-electron chi connectivity index (χ3n) is 2.78. The van der Waals surface area contributed by atoms with Crippen LogP contribution in [0, 0.1) is 5.92 Å². The summed E-state index contributed by atoms with van der Waals surface area (Å²) in [7, 11) is 0. The van der Waals surface area contributed by atoms with E-state index in [9.17, 15) is 0 Å². The van der Waals surface area contributed by atoms with Gasteiger partial charge in [-0.05, 0) is 48.9 Å². The zero-order chi connectivity index (χ0) is 13.1. The normalized spacial score (nSPS) is 14.6. The van der Waals surface area contributed by atoms with Gasteiger partial charge < -0.3 is 5.32 Å². The Kier molecular flexibility index (Phi) is 8.32. The molecule has 0 heterocycles. The van der Waals surface area contributed by atoms with Crippen molar-refractivity contribution in [1.82, 2.24) is 5.32 Å². The number of halogens is 1. The number of nitrogens with one attached hydrogen (secondary N) is 1. The SMILES string of the molecule is C(/C=C\NCc1ccccc1)=C/CC1CC1.CBr. The Hall–Kier alpha value is -1.02. The van der Waals surface area contributed by atoms with Gasteiger partial charge in [0.05, 0.1) is 0 Å². The van der Waals surface area contributed by atoms with Crippen LogP contribution in [0.2, 0.25) is 0 Å². The van der Waals surface area contributed by atoms with E-state index in [1.54, 1.807) is 0 Å². The third-order valence-corrected chi connectivity index (χ3v) is 2.78. The summed E-state index contributed by atoms with van der Waals surface area (Å²) in [6, 6.07) is 10.4. The first-order chi connectivity index (χ1) is 8.95. The summed E-state index contributed by atoms with van der Waals surface area (Å²) in [4.78, 5) is 0.